The maximum absolute atomic E-state index is 10.9. The molecule has 0 bridgehead atoms. The van der Waals surface area contributed by atoms with Crippen molar-refractivity contribution in [3.05, 3.63) is 28.3 Å². The summed E-state index contributed by atoms with van der Waals surface area (Å²) in [7, 11) is 1.76. The van der Waals surface area contributed by atoms with E-state index in [4.69, 9.17) is 14.8 Å². The molecule has 1 aliphatic carbocycles. The first-order valence-electron chi connectivity index (χ1n) is 7.08. The molecule has 2 N–H and O–H groups in total. The van der Waals surface area contributed by atoms with Gasteiger partial charge in [0.25, 0.3) is 0 Å². The van der Waals surface area contributed by atoms with Gasteiger partial charge in [-0.25, -0.2) is 9.78 Å². The van der Waals surface area contributed by atoms with Crippen molar-refractivity contribution in [2.24, 2.45) is 0 Å². The number of carboxylic acid groups (broad SMARTS) is 1. The highest BCUT2D eigenvalue weighted by Crippen LogP contribution is 2.42. The highest BCUT2D eigenvalue weighted by Gasteiger charge is 2.36. The number of hydrogen-bond acceptors (Lipinski definition) is 4. The lowest BCUT2D eigenvalue weighted by Gasteiger charge is -2.34. The van der Waals surface area contributed by atoms with Crippen molar-refractivity contribution in [3.8, 4) is 11.3 Å². The Bertz CT molecular complexity index is 641. The van der Waals surface area contributed by atoms with Crippen molar-refractivity contribution in [2.45, 2.75) is 37.7 Å². The summed E-state index contributed by atoms with van der Waals surface area (Å²) in [6.45, 7) is 0. The summed E-state index contributed by atoms with van der Waals surface area (Å²) in [6.07, 6.45) is 7.27. The Morgan fingerprint density at radius 1 is 1.43 bits per heavy atom. The van der Waals surface area contributed by atoms with E-state index in [1.54, 1.807) is 30.7 Å². The second-order valence-corrected chi connectivity index (χ2v) is 6.26. The number of carboxylic acids is 1. The van der Waals surface area contributed by atoms with Gasteiger partial charge in [-0.05, 0) is 18.9 Å². The maximum Gasteiger partial charge on any atom is 0.352 e. The van der Waals surface area contributed by atoms with E-state index in [1.165, 1.54) is 6.42 Å². The standard InChI is InChI=1S/C15H18N2O3S/c1-20-15(5-3-2-4-6-15)14-17-12(9-21-14)10-7-11(13(18)19)16-8-10/h7-9,16H,2-6H2,1H3,(H,18,19). The topological polar surface area (TPSA) is 75.2 Å². The fourth-order valence-corrected chi connectivity index (χ4v) is 3.97. The first kappa shape index (κ1) is 14.3. The number of carbonyl (C=O) groups is 1. The minimum Gasteiger partial charge on any atom is -0.477 e. The predicted octanol–water partition coefficient (Wildman–Crippen LogP) is 3.64. The van der Waals surface area contributed by atoms with Crippen LogP contribution < -0.4 is 0 Å². The van der Waals surface area contributed by atoms with Gasteiger partial charge in [0, 0.05) is 24.3 Å². The van der Waals surface area contributed by atoms with Gasteiger partial charge in [0.2, 0.25) is 0 Å². The van der Waals surface area contributed by atoms with E-state index in [1.807, 2.05) is 5.38 Å². The normalized spacial score (nSPS) is 17.8. The number of nitrogens with one attached hydrogen (secondary N) is 1. The molecule has 1 fully saturated rings. The molecule has 21 heavy (non-hydrogen) atoms. The summed E-state index contributed by atoms with van der Waals surface area (Å²) in [5.41, 5.74) is 1.53. The fraction of sp³-hybridized carbons (Fsp3) is 0.467. The van der Waals surface area contributed by atoms with Crippen LogP contribution in [-0.2, 0) is 10.3 Å². The van der Waals surface area contributed by atoms with Crippen LogP contribution >= 0.6 is 11.3 Å². The third-order valence-corrected chi connectivity index (χ3v) is 5.18. The number of H-pyrrole nitrogens is 1. The minimum atomic E-state index is -0.961. The number of rotatable bonds is 4. The van der Waals surface area contributed by atoms with Crippen molar-refractivity contribution < 1.29 is 14.6 Å². The molecule has 1 saturated carbocycles. The van der Waals surface area contributed by atoms with Crippen LogP contribution in [0.2, 0.25) is 0 Å². The lowest BCUT2D eigenvalue weighted by molar-refractivity contribution is -0.0445. The molecular formula is C15H18N2O3S. The molecule has 6 heteroatoms. The molecule has 2 aromatic heterocycles. The fourth-order valence-electron chi connectivity index (χ4n) is 2.91. The van der Waals surface area contributed by atoms with Crippen LogP contribution in [0.4, 0.5) is 0 Å². The Morgan fingerprint density at radius 2 is 2.19 bits per heavy atom. The molecule has 0 radical (unpaired) electrons. The molecule has 2 aromatic rings. The zero-order valence-electron chi connectivity index (χ0n) is 11.9. The molecule has 2 heterocycles. The zero-order valence-corrected chi connectivity index (χ0v) is 12.7. The summed E-state index contributed by atoms with van der Waals surface area (Å²) < 4.78 is 5.80. The number of hydrogen-bond donors (Lipinski definition) is 2. The van der Waals surface area contributed by atoms with E-state index >= 15 is 0 Å². The van der Waals surface area contributed by atoms with Crippen LogP contribution in [0, 0.1) is 0 Å². The molecule has 112 valence electrons. The van der Waals surface area contributed by atoms with Crippen LogP contribution in [0.25, 0.3) is 11.3 Å². The smallest absolute Gasteiger partial charge is 0.352 e. The molecule has 0 saturated heterocycles. The highest BCUT2D eigenvalue weighted by molar-refractivity contribution is 7.10. The minimum absolute atomic E-state index is 0.179. The third kappa shape index (κ3) is 2.61. The SMILES string of the molecule is COC1(c2nc(-c3c[nH]c(C(=O)O)c3)cs2)CCCCC1. The zero-order chi connectivity index (χ0) is 14.9. The third-order valence-electron chi connectivity index (χ3n) is 4.16. The van der Waals surface area contributed by atoms with Gasteiger partial charge in [0.1, 0.15) is 16.3 Å². The summed E-state index contributed by atoms with van der Waals surface area (Å²) in [4.78, 5) is 18.4. The van der Waals surface area contributed by atoms with E-state index in [0.717, 1.165) is 41.9 Å². The molecule has 0 aromatic carbocycles. The first-order valence-corrected chi connectivity index (χ1v) is 7.96. The Hall–Kier alpha value is -1.66. The Balaban J connectivity index is 1.89. The number of aromatic carboxylic acids is 1. The summed E-state index contributed by atoms with van der Waals surface area (Å²) in [5.74, 6) is -0.961. The molecule has 0 amide bonds. The van der Waals surface area contributed by atoms with Crippen LogP contribution in [0.5, 0.6) is 0 Å². The van der Waals surface area contributed by atoms with Gasteiger partial charge in [0.05, 0.1) is 5.69 Å². The van der Waals surface area contributed by atoms with E-state index in [0.29, 0.717) is 0 Å². The predicted molar refractivity (Wildman–Crippen MR) is 80.6 cm³/mol. The van der Waals surface area contributed by atoms with Gasteiger partial charge in [-0.2, -0.15) is 0 Å². The van der Waals surface area contributed by atoms with Crippen LogP contribution in [0.3, 0.4) is 0 Å². The lowest BCUT2D eigenvalue weighted by Crippen LogP contribution is -2.30. The highest BCUT2D eigenvalue weighted by atomic mass is 32.1. The van der Waals surface area contributed by atoms with Crippen LogP contribution in [0.1, 0.15) is 47.6 Å². The number of ether oxygens (including phenoxy) is 1. The van der Waals surface area contributed by atoms with Crippen LogP contribution in [-0.4, -0.2) is 28.2 Å². The number of aromatic amines is 1. The monoisotopic (exact) mass is 306 g/mol. The van der Waals surface area contributed by atoms with E-state index < -0.39 is 5.97 Å². The summed E-state index contributed by atoms with van der Waals surface area (Å²) in [5, 5.41) is 11.9. The average molecular weight is 306 g/mol. The lowest BCUT2D eigenvalue weighted by atomic mass is 9.85. The number of nitrogens with zero attached hydrogens (tertiary/aromatic N) is 1. The molecular weight excluding hydrogens is 288 g/mol. The molecule has 1 aliphatic rings. The summed E-state index contributed by atoms with van der Waals surface area (Å²) >= 11 is 1.59. The van der Waals surface area contributed by atoms with Gasteiger partial charge in [-0.15, -0.1) is 11.3 Å². The second-order valence-electron chi connectivity index (χ2n) is 5.40. The molecule has 0 atom stereocenters. The van der Waals surface area contributed by atoms with Crippen molar-refractivity contribution >= 4 is 17.3 Å². The number of methoxy groups -OCH3 is 1. The second kappa shape index (κ2) is 5.61. The quantitative estimate of drug-likeness (QED) is 0.904. The van der Waals surface area contributed by atoms with Gasteiger partial charge in [-0.1, -0.05) is 19.3 Å². The van der Waals surface area contributed by atoms with Crippen LogP contribution in [0.15, 0.2) is 17.6 Å². The van der Waals surface area contributed by atoms with Crippen molar-refractivity contribution in [1.82, 2.24) is 9.97 Å². The Kier molecular flexibility index (Phi) is 3.82. The van der Waals surface area contributed by atoms with Gasteiger partial charge in [0.15, 0.2) is 0 Å². The number of thiazole rings is 1. The summed E-state index contributed by atoms with van der Waals surface area (Å²) in [6, 6.07) is 1.61. The largest absolute Gasteiger partial charge is 0.477 e. The number of aromatic nitrogens is 2. The van der Waals surface area contributed by atoms with Crippen molar-refractivity contribution in [3.63, 3.8) is 0 Å². The average Bonchev–Trinajstić information content (AvgIpc) is 3.17. The maximum atomic E-state index is 10.9. The van der Waals surface area contributed by atoms with Gasteiger partial charge >= 0.3 is 5.97 Å². The van der Waals surface area contributed by atoms with Crippen molar-refractivity contribution in [2.75, 3.05) is 7.11 Å². The van der Waals surface area contributed by atoms with Crippen molar-refractivity contribution in [1.29, 1.82) is 0 Å². The Labute approximate surface area is 127 Å². The molecule has 3 rings (SSSR count). The van der Waals surface area contributed by atoms with Gasteiger partial charge < -0.3 is 14.8 Å². The molecule has 0 spiro atoms. The Morgan fingerprint density at radius 3 is 2.81 bits per heavy atom. The molecule has 0 aliphatic heterocycles. The molecule has 5 nitrogen and oxygen atoms in total. The first-order chi connectivity index (χ1) is 10.1. The van der Waals surface area contributed by atoms with E-state index in [-0.39, 0.29) is 11.3 Å². The van der Waals surface area contributed by atoms with E-state index in [2.05, 4.69) is 4.98 Å². The van der Waals surface area contributed by atoms with E-state index in [9.17, 15) is 4.79 Å². The van der Waals surface area contributed by atoms with Gasteiger partial charge in [-0.3, -0.25) is 0 Å². The molecule has 0 unspecified atom stereocenters.